The largest absolute Gasteiger partial charge is 0.310 e. The number of nitrogens with one attached hydrogen (secondary N) is 1. The van der Waals surface area contributed by atoms with Crippen LogP contribution in [0, 0.1) is 0 Å². The van der Waals surface area contributed by atoms with Gasteiger partial charge < -0.3 is 5.32 Å². The van der Waals surface area contributed by atoms with E-state index in [0.717, 1.165) is 0 Å². The molecule has 0 aliphatic carbocycles. The normalized spacial score (nSPS) is 22.0. The summed E-state index contributed by atoms with van der Waals surface area (Å²) in [5.74, 6) is 0. The zero-order valence-electron chi connectivity index (χ0n) is 8.70. The molecule has 2 aromatic rings. The maximum Gasteiger partial charge on any atom is 0.0346 e. The molecule has 1 aromatic carbocycles. The van der Waals surface area contributed by atoms with Gasteiger partial charge >= 0.3 is 0 Å². The number of rotatable bonds is 1. The lowest BCUT2D eigenvalue weighted by atomic mass is 9.95. The summed E-state index contributed by atoms with van der Waals surface area (Å²) in [7, 11) is 0. The molecular formula is C13H15NS. The Kier molecular flexibility index (Phi) is 2.47. The lowest BCUT2D eigenvalue weighted by Crippen LogP contribution is -2.26. The van der Waals surface area contributed by atoms with Gasteiger partial charge in [0.25, 0.3) is 0 Å². The minimum Gasteiger partial charge on any atom is -0.310 e. The Bertz CT molecular complexity index is 454. The van der Waals surface area contributed by atoms with Crippen molar-refractivity contribution >= 4 is 21.4 Å². The van der Waals surface area contributed by atoms with Crippen LogP contribution in [0.1, 0.15) is 30.9 Å². The molecule has 78 valence electrons. The summed E-state index contributed by atoms with van der Waals surface area (Å²) in [5.41, 5.74) is 1.49. The second-order valence-corrected chi connectivity index (χ2v) is 5.13. The van der Waals surface area contributed by atoms with Crippen molar-refractivity contribution in [3.63, 3.8) is 0 Å². The van der Waals surface area contributed by atoms with E-state index < -0.39 is 0 Å². The zero-order chi connectivity index (χ0) is 10.1. The molecule has 1 aliphatic heterocycles. The van der Waals surface area contributed by atoms with Gasteiger partial charge in [-0.3, -0.25) is 0 Å². The minimum absolute atomic E-state index is 0.581. The summed E-state index contributed by atoms with van der Waals surface area (Å²) < 4.78 is 1.42. The highest BCUT2D eigenvalue weighted by Crippen LogP contribution is 2.31. The molecule has 1 atom stereocenters. The second kappa shape index (κ2) is 3.95. The SMILES string of the molecule is c1cc(C2CCCCN2)c2ccsc2c1. The summed E-state index contributed by atoms with van der Waals surface area (Å²) in [5, 5.41) is 7.26. The van der Waals surface area contributed by atoms with E-state index in [1.807, 2.05) is 11.3 Å². The fourth-order valence-electron chi connectivity index (χ4n) is 2.44. The van der Waals surface area contributed by atoms with Crippen LogP contribution in [0.4, 0.5) is 0 Å². The van der Waals surface area contributed by atoms with Gasteiger partial charge in [0.15, 0.2) is 0 Å². The third-order valence-corrected chi connectivity index (χ3v) is 4.10. The average molecular weight is 217 g/mol. The summed E-state index contributed by atoms with van der Waals surface area (Å²) in [4.78, 5) is 0. The van der Waals surface area contributed by atoms with Crippen LogP contribution in [0.15, 0.2) is 29.6 Å². The summed E-state index contributed by atoms with van der Waals surface area (Å²) >= 11 is 1.84. The molecule has 2 heteroatoms. The predicted octanol–water partition coefficient (Wildman–Crippen LogP) is 3.72. The number of thiophene rings is 1. The van der Waals surface area contributed by atoms with E-state index in [0.29, 0.717) is 6.04 Å². The fraction of sp³-hybridized carbons (Fsp3) is 0.385. The lowest BCUT2D eigenvalue weighted by molar-refractivity contribution is 0.414. The molecule has 1 aromatic heterocycles. The Morgan fingerprint density at radius 2 is 2.20 bits per heavy atom. The van der Waals surface area contributed by atoms with E-state index in [4.69, 9.17) is 0 Å². The van der Waals surface area contributed by atoms with Gasteiger partial charge in [-0.15, -0.1) is 11.3 Å². The first kappa shape index (κ1) is 9.37. The van der Waals surface area contributed by atoms with Gasteiger partial charge in [-0.1, -0.05) is 18.6 Å². The van der Waals surface area contributed by atoms with Gasteiger partial charge in [0.2, 0.25) is 0 Å². The summed E-state index contributed by atoms with van der Waals surface area (Å²) in [6.07, 6.45) is 3.98. The monoisotopic (exact) mass is 217 g/mol. The quantitative estimate of drug-likeness (QED) is 0.767. The molecule has 3 rings (SSSR count). The van der Waals surface area contributed by atoms with E-state index in [2.05, 4.69) is 35.0 Å². The standard InChI is InChI=1S/C13H15NS/c1-2-8-14-12(5-1)10-4-3-6-13-11(10)7-9-15-13/h3-4,6-7,9,12,14H,1-2,5,8H2. The van der Waals surface area contributed by atoms with E-state index in [9.17, 15) is 0 Å². The first-order chi connectivity index (χ1) is 7.45. The van der Waals surface area contributed by atoms with Gasteiger partial charge in [0, 0.05) is 10.7 Å². The minimum atomic E-state index is 0.581. The van der Waals surface area contributed by atoms with E-state index >= 15 is 0 Å². The molecule has 0 amide bonds. The highest BCUT2D eigenvalue weighted by Gasteiger charge is 2.16. The van der Waals surface area contributed by atoms with Crippen LogP contribution in [-0.4, -0.2) is 6.54 Å². The molecule has 1 aliphatic rings. The molecule has 1 unspecified atom stereocenters. The van der Waals surface area contributed by atoms with Crippen LogP contribution in [0.5, 0.6) is 0 Å². The topological polar surface area (TPSA) is 12.0 Å². The maximum absolute atomic E-state index is 3.62. The van der Waals surface area contributed by atoms with Crippen LogP contribution in [0.3, 0.4) is 0 Å². The van der Waals surface area contributed by atoms with Gasteiger partial charge in [-0.05, 0) is 47.8 Å². The smallest absolute Gasteiger partial charge is 0.0346 e. The highest BCUT2D eigenvalue weighted by molar-refractivity contribution is 7.17. The van der Waals surface area contributed by atoms with Gasteiger partial charge in [-0.2, -0.15) is 0 Å². The van der Waals surface area contributed by atoms with Crippen molar-refractivity contribution in [2.45, 2.75) is 25.3 Å². The summed E-state index contributed by atoms with van der Waals surface area (Å²) in [6, 6.07) is 9.51. The van der Waals surface area contributed by atoms with Crippen molar-refractivity contribution < 1.29 is 0 Å². The van der Waals surface area contributed by atoms with Crippen molar-refractivity contribution in [2.75, 3.05) is 6.54 Å². The number of benzene rings is 1. The van der Waals surface area contributed by atoms with Crippen molar-refractivity contribution in [3.8, 4) is 0 Å². The van der Waals surface area contributed by atoms with Gasteiger partial charge in [-0.25, -0.2) is 0 Å². The predicted molar refractivity (Wildman–Crippen MR) is 66.4 cm³/mol. The van der Waals surface area contributed by atoms with Gasteiger partial charge in [0.05, 0.1) is 0 Å². The molecule has 1 saturated heterocycles. The molecule has 1 nitrogen and oxygen atoms in total. The Balaban J connectivity index is 2.05. The average Bonchev–Trinajstić information content (AvgIpc) is 2.78. The Labute approximate surface area is 94.1 Å². The third-order valence-electron chi connectivity index (χ3n) is 3.22. The first-order valence-electron chi connectivity index (χ1n) is 5.65. The van der Waals surface area contributed by atoms with Crippen LogP contribution in [0.2, 0.25) is 0 Å². The van der Waals surface area contributed by atoms with E-state index in [1.165, 1.54) is 41.5 Å². The number of piperidine rings is 1. The number of hydrogen-bond donors (Lipinski definition) is 1. The molecule has 0 bridgehead atoms. The molecular weight excluding hydrogens is 202 g/mol. The molecule has 15 heavy (non-hydrogen) atoms. The third kappa shape index (κ3) is 1.68. The van der Waals surface area contributed by atoms with Crippen LogP contribution >= 0.6 is 11.3 Å². The molecule has 1 N–H and O–H groups in total. The molecule has 2 heterocycles. The van der Waals surface area contributed by atoms with Crippen LogP contribution < -0.4 is 5.32 Å². The second-order valence-electron chi connectivity index (χ2n) is 4.18. The fourth-order valence-corrected chi connectivity index (χ4v) is 3.26. The van der Waals surface area contributed by atoms with E-state index in [1.54, 1.807) is 0 Å². The van der Waals surface area contributed by atoms with E-state index in [-0.39, 0.29) is 0 Å². The molecule has 0 saturated carbocycles. The highest BCUT2D eigenvalue weighted by atomic mass is 32.1. The Morgan fingerprint density at radius 3 is 3.07 bits per heavy atom. The lowest BCUT2D eigenvalue weighted by Gasteiger charge is -2.24. The number of hydrogen-bond acceptors (Lipinski definition) is 2. The van der Waals surface area contributed by atoms with Crippen molar-refractivity contribution in [1.82, 2.24) is 5.32 Å². The number of fused-ring (bicyclic) bond motifs is 1. The van der Waals surface area contributed by atoms with Crippen molar-refractivity contribution in [2.24, 2.45) is 0 Å². The summed E-state index contributed by atoms with van der Waals surface area (Å²) in [6.45, 7) is 1.17. The van der Waals surface area contributed by atoms with Gasteiger partial charge in [0.1, 0.15) is 0 Å². The van der Waals surface area contributed by atoms with Crippen LogP contribution in [-0.2, 0) is 0 Å². The molecule has 1 fully saturated rings. The van der Waals surface area contributed by atoms with Crippen LogP contribution in [0.25, 0.3) is 10.1 Å². The van der Waals surface area contributed by atoms with Crippen molar-refractivity contribution in [1.29, 1.82) is 0 Å². The Morgan fingerprint density at radius 1 is 1.20 bits per heavy atom. The zero-order valence-corrected chi connectivity index (χ0v) is 9.52. The maximum atomic E-state index is 3.62. The molecule has 0 spiro atoms. The first-order valence-corrected chi connectivity index (χ1v) is 6.52. The van der Waals surface area contributed by atoms with Crippen molar-refractivity contribution in [3.05, 3.63) is 35.2 Å². The molecule has 0 radical (unpaired) electrons. The Hall–Kier alpha value is -0.860.